The molecule has 0 radical (unpaired) electrons. The number of benzene rings is 1. The molecular formula is C19H26. The van der Waals surface area contributed by atoms with Crippen LogP contribution in [0.1, 0.15) is 51.5 Å². The van der Waals surface area contributed by atoms with E-state index in [4.69, 9.17) is 0 Å². The third-order valence-electron chi connectivity index (χ3n) is 3.30. The summed E-state index contributed by atoms with van der Waals surface area (Å²) in [5.41, 5.74) is 5.26. The molecule has 0 fully saturated rings. The van der Waals surface area contributed by atoms with Crippen molar-refractivity contribution in [1.29, 1.82) is 0 Å². The highest BCUT2D eigenvalue weighted by Gasteiger charge is 1.97. The maximum atomic E-state index is 4.17. The first kappa shape index (κ1) is 15.5. The van der Waals surface area contributed by atoms with Crippen LogP contribution in [0.2, 0.25) is 0 Å². The quantitative estimate of drug-likeness (QED) is 0.486. The molecule has 0 aromatic heterocycles. The predicted molar refractivity (Wildman–Crippen MR) is 87.1 cm³/mol. The fourth-order valence-electron chi connectivity index (χ4n) is 2.08. The summed E-state index contributed by atoms with van der Waals surface area (Å²) in [6.07, 6.45) is 8.03. The Kier molecular flexibility index (Phi) is 6.95. The van der Waals surface area contributed by atoms with Gasteiger partial charge in [-0.1, -0.05) is 54.1 Å². The van der Waals surface area contributed by atoms with E-state index in [0.29, 0.717) is 0 Å². The molecule has 0 saturated carbocycles. The van der Waals surface area contributed by atoms with Crippen LogP contribution in [0.5, 0.6) is 0 Å². The second kappa shape index (κ2) is 8.53. The molecule has 0 aliphatic heterocycles. The van der Waals surface area contributed by atoms with Crippen LogP contribution >= 0.6 is 0 Å². The number of allylic oxidation sites excluding steroid dienone is 4. The van der Waals surface area contributed by atoms with E-state index in [1.54, 1.807) is 0 Å². The lowest BCUT2D eigenvalue weighted by atomic mass is 10.0. The van der Waals surface area contributed by atoms with Crippen LogP contribution in [0.3, 0.4) is 0 Å². The Morgan fingerprint density at radius 2 is 1.68 bits per heavy atom. The molecule has 1 aromatic rings. The molecule has 0 unspecified atom stereocenters. The van der Waals surface area contributed by atoms with Crippen molar-refractivity contribution in [3.63, 3.8) is 0 Å². The van der Waals surface area contributed by atoms with Gasteiger partial charge in [0.1, 0.15) is 0 Å². The lowest BCUT2D eigenvalue weighted by Gasteiger charge is -2.05. The molecule has 0 heteroatoms. The molecule has 0 aliphatic carbocycles. The Bertz CT molecular complexity index is 434. The minimum atomic E-state index is 1.04. The van der Waals surface area contributed by atoms with Crippen molar-refractivity contribution >= 4 is 5.57 Å². The summed E-state index contributed by atoms with van der Waals surface area (Å²) in [6.45, 7) is 12.4. The molecule has 0 spiro atoms. The predicted octanol–water partition coefficient (Wildman–Crippen LogP) is 6.17. The molecule has 0 aliphatic rings. The van der Waals surface area contributed by atoms with Gasteiger partial charge in [-0.25, -0.2) is 0 Å². The van der Waals surface area contributed by atoms with E-state index >= 15 is 0 Å². The number of rotatable bonds is 8. The third kappa shape index (κ3) is 6.81. The van der Waals surface area contributed by atoms with E-state index in [0.717, 1.165) is 19.3 Å². The topological polar surface area (TPSA) is 0 Å². The molecule has 0 atom stereocenters. The SMILES string of the molecule is C=C(C)CCCC(C)=CCCC(=C)c1ccccc1. The molecule has 102 valence electrons. The maximum absolute atomic E-state index is 4.17. The lowest BCUT2D eigenvalue weighted by molar-refractivity contribution is 0.800. The molecule has 0 heterocycles. The molecule has 1 aromatic carbocycles. The van der Waals surface area contributed by atoms with E-state index in [2.05, 4.69) is 57.3 Å². The van der Waals surface area contributed by atoms with Gasteiger partial charge in [-0.2, -0.15) is 0 Å². The number of hydrogen-bond acceptors (Lipinski definition) is 0. The highest BCUT2D eigenvalue weighted by Crippen LogP contribution is 2.19. The molecule has 0 bridgehead atoms. The molecule has 0 amide bonds. The summed E-state index contributed by atoms with van der Waals surface area (Å²) >= 11 is 0. The van der Waals surface area contributed by atoms with Crippen LogP contribution in [-0.4, -0.2) is 0 Å². The summed E-state index contributed by atoms with van der Waals surface area (Å²) in [6, 6.07) is 10.4. The molecular weight excluding hydrogens is 228 g/mol. The van der Waals surface area contributed by atoms with Gasteiger partial charge in [0.15, 0.2) is 0 Å². The average Bonchev–Trinajstić information content (AvgIpc) is 2.39. The summed E-state index contributed by atoms with van der Waals surface area (Å²) in [5, 5.41) is 0. The summed E-state index contributed by atoms with van der Waals surface area (Å²) in [5.74, 6) is 0. The fourth-order valence-corrected chi connectivity index (χ4v) is 2.08. The van der Waals surface area contributed by atoms with E-state index in [1.807, 2.05) is 6.07 Å². The van der Waals surface area contributed by atoms with Crippen LogP contribution in [0.15, 0.2) is 60.7 Å². The van der Waals surface area contributed by atoms with Gasteiger partial charge in [0.05, 0.1) is 0 Å². The van der Waals surface area contributed by atoms with Crippen molar-refractivity contribution in [2.24, 2.45) is 0 Å². The fraction of sp³-hybridized carbons (Fsp3) is 0.368. The van der Waals surface area contributed by atoms with Crippen molar-refractivity contribution in [3.8, 4) is 0 Å². The van der Waals surface area contributed by atoms with Gasteiger partial charge in [0, 0.05) is 0 Å². The molecule has 1 rings (SSSR count). The normalized spacial score (nSPS) is 11.4. The van der Waals surface area contributed by atoms with E-state index in [1.165, 1.54) is 35.1 Å². The summed E-state index contributed by atoms with van der Waals surface area (Å²) < 4.78 is 0. The van der Waals surface area contributed by atoms with Gasteiger partial charge in [-0.15, -0.1) is 6.58 Å². The first-order valence-corrected chi connectivity index (χ1v) is 7.13. The number of hydrogen-bond donors (Lipinski definition) is 0. The van der Waals surface area contributed by atoms with Crippen LogP contribution in [-0.2, 0) is 0 Å². The van der Waals surface area contributed by atoms with Crippen LogP contribution in [0.25, 0.3) is 5.57 Å². The average molecular weight is 254 g/mol. The Morgan fingerprint density at radius 3 is 2.32 bits per heavy atom. The first-order chi connectivity index (χ1) is 9.09. The zero-order valence-electron chi connectivity index (χ0n) is 12.4. The van der Waals surface area contributed by atoms with Crippen molar-refractivity contribution in [3.05, 3.63) is 66.3 Å². The van der Waals surface area contributed by atoms with E-state index in [9.17, 15) is 0 Å². The smallest absolute Gasteiger partial charge is 0.0230 e. The second-order valence-corrected chi connectivity index (χ2v) is 5.37. The zero-order valence-corrected chi connectivity index (χ0v) is 12.4. The Balaban J connectivity index is 2.29. The van der Waals surface area contributed by atoms with Crippen molar-refractivity contribution in [2.45, 2.75) is 46.0 Å². The van der Waals surface area contributed by atoms with Crippen molar-refractivity contribution < 1.29 is 0 Å². The third-order valence-corrected chi connectivity index (χ3v) is 3.30. The second-order valence-electron chi connectivity index (χ2n) is 5.37. The van der Waals surface area contributed by atoms with Gasteiger partial charge >= 0.3 is 0 Å². The minimum absolute atomic E-state index is 1.04. The van der Waals surface area contributed by atoms with Crippen LogP contribution in [0, 0.1) is 0 Å². The van der Waals surface area contributed by atoms with Gasteiger partial charge in [-0.05, 0) is 57.1 Å². The largest absolute Gasteiger partial charge is 0.100 e. The highest BCUT2D eigenvalue weighted by molar-refractivity contribution is 5.63. The Labute approximate surface area is 118 Å². The molecule has 0 nitrogen and oxygen atoms in total. The lowest BCUT2D eigenvalue weighted by Crippen LogP contribution is -1.84. The van der Waals surface area contributed by atoms with Crippen LogP contribution < -0.4 is 0 Å². The minimum Gasteiger partial charge on any atom is -0.100 e. The Morgan fingerprint density at radius 1 is 1.00 bits per heavy atom. The molecule has 0 N–H and O–H groups in total. The van der Waals surface area contributed by atoms with Crippen molar-refractivity contribution in [2.75, 3.05) is 0 Å². The van der Waals surface area contributed by atoms with Crippen molar-refractivity contribution in [1.82, 2.24) is 0 Å². The Hall–Kier alpha value is -1.56. The zero-order chi connectivity index (χ0) is 14.1. The highest BCUT2D eigenvalue weighted by atomic mass is 14.0. The van der Waals surface area contributed by atoms with Gasteiger partial charge in [-0.3, -0.25) is 0 Å². The van der Waals surface area contributed by atoms with Gasteiger partial charge < -0.3 is 0 Å². The monoisotopic (exact) mass is 254 g/mol. The molecule has 0 saturated heterocycles. The van der Waals surface area contributed by atoms with Crippen LogP contribution in [0.4, 0.5) is 0 Å². The van der Waals surface area contributed by atoms with Gasteiger partial charge in [0.2, 0.25) is 0 Å². The van der Waals surface area contributed by atoms with E-state index < -0.39 is 0 Å². The van der Waals surface area contributed by atoms with Gasteiger partial charge in [0.25, 0.3) is 0 Å². The van der Waals surface area contributed by atoms with E-state index in [-0.39, 0.29) is 0 Å². The molecule has 19 heavy (non-hydrogen) atoms. The summed E-state index contributed by atoms with van der Waals surface area (Å²) in [7, 11) is 0. The standard InChI is InChI=1S/C19H26/c1-16(2)10-8-11-17(3)12-9-13-18(4)19-14-6-5-7-15-19/h5-7,12,14-15H,1,4,8-11,13H2,2-3H3. The summed E-state index contributed by atoms with van der Waals surface area (Å²) in [4.78, 5) is 0. The maximum Gasteiger partial charge on any atom is -0.0230 e. The first-order valence-electron chi connectivity index (χ1n) is 7.13.